The van der Waals surface area contributed by atoms with Crippen LogP contribution in [0.2, 0.25) is 0 Å². The van der Waals surface area contributed by atoms with Gasteiger partial charge in [-0.1, -0.05) is 19.1 Å². The zero-order valence-corrected chi connectivity index (χ0v) is 14.7. The predicted molar refractivity (Wildman–Crippen MR) is 97.2 cm³/mol. The first-order chi connectivity index (χ1) is 12.4. The van der Waals surface area contributed by atoms with Gasteiger partial charge in [-0.25, -0.2) is 10.2 Å². The molecule has 2 atom stereocenters. The highest BCUT2D eigenvalue weighted by Gasteiger charge is 2.29. The summed E-state index contributed by atoms with van der Waals surface area (Å²) in [4.78, 5) is 35.9. The third kappa shape index (κ3) is 3.36. The molecule has 2 heterocycles. The minimum Gasteiger partial charge on any atom is -0.478 e. The van der Waals surface area contributed by atoms with Crippen LogP contribution in [0.25, 0.3) is 0 Å². The van der Waals surface area contributed by atoms with Crippen LogP contribution in [-0.4, -0.2) is 28.6 Å². The largest absolute Gasteiger partial charge is 0.478 e. The van der Waals surface area contributed by atoms with E-state index in [1.165, 1.54) is 17.4 Å². The summed E-state index contributed by atoms with van der Waals surface area (Å²) in [6.07, 6.45) is 0.291. The molecule has 2 aromatic rings. The van der Waals surface area contributed by atoms with Crippen LogP contribution in [0.4, 0.5) is 0 Å². The first-order valence-corrected chi connectivity index (χ1v) is 8.83. The SMILES string of the molecule is CC1CC(=O)NN=C1c1ccc(C(=O)O)c(C(C(N)=O)c2cccs2)c1. The first-order valence-electron chi connectivity index (χ1n) is 7.95. The number of primary amides is 1. The molecule has 0 spiro atoms. The molecule has 8 heteroatoms. The van der Waals surface area contributed by atoms with Crippen molar-refractivity contribution in [1.82, 2.24) is 5.43 Å². The van der Waals surface area contributed by atoms with Gasteiger partial charge in [0.1, 0.15) is 0 Å². The number of carbonyl (C=O) groups excluding carboxylic acids is 2. The topological polar surface area (TPSA) is 122 Å². The molecule has 2 unspecified atom stereocenters. The summed E-state index contributed by atoms with van der Waals surface area (Å²) < 4.78 is 0. The molecule has 1 aromatic carbocycles. The lowest BCUT2D eigenvalue weighted by Crippen LogP contribution is -2.32. The highest BCUT2D eigenvalue weighted by molar-refractivity contribution is 7.10. The van der Waals surface area contributed by atoms with Crippen molar-refractivity contribution in [3.63, 3.8) is 0 Å². The number of carboxylic acids is 1. The van der Waals surface area contributed by atoms with Gasteiger partial charge < -0.3 is 10.8 Å². The van der Waals surface area contributed by atoms with E-state index < -0.39 is 17.8 Å². The van der Waals surface area contributed by atoms with E-state index in [2.05, 4.69) is 10.5 Å². The van der Waals surface area contributed by atoms with Crippen molar-refractivity contribution in [3.8, 4) is 0 Å². The fraction of sp³-hybridized carbons (Fsp3) is 0.222. The van der Waals surface area contributed by atoms with E-state index in [9.17, 15) is 19.5 Å². The Morgan fingerprint density at radius 1 is 1.38 bits per heavy atom. The van der Waals surface area contributed by atoms with E-state index in [-0.39, 0.29) is 17.4 Å². The molecule has 0 aliphatic carbocycles. The Balaban J connectivity index is 2.15. The maximum Gasteiger partial charge on any atom is 0.336 e. The van der Waals surface area contributed by atoms with E-state index in [4.69, 9.17) is 5.73 Å². The lowest BCUT2D eigenvalue weighted by molar-refractivity contribution is -0.122. The lowest BCUT2D eigenvalue weighted by atomic mass is 9.87. The van der Waals surface area contributed by atoms with Crippen LogP contribution in [0.15, 0.2) is 40.8 Å². The summed E-state index contributed by atoms with van der Waals surface area (Å²) in [6.45, 7) is 1.87. The number of nitrogens with one attached hydrogen (secondary N) is 1. The number of thiophene rings is 1. The van der Waals surface area contributed by atoms with Gasteiger partial charge in [-0.05, 0) is 34.7 Å². The van der Waals surface area contributed by atoms with Crippen LogP contribution in [0.3, 0.4) is 0 Å². The van der Waals surface area contributed by atoms with Gasteiger partial charge in [0.15, 0.2) is 0 Å². The molecule has 1 aromatic heterocycles. The molecule has 0 saturated heterocycles. The Morgan fingerprint density at radius 2 is 2.15 bits per heavy atom. The number of amides is 2. The summed E-state index contributed by atoms with van der Waals surface area (Å²) in [5, 5.41) is 15.5. The summed E-state index contributed by atoms with van der Waals surface area (Å²) >= 11 is 1.34. The average molecular weight is 371 g/mol. The van der Waals surface area contributed by atoms with E-state index in [1.54, 1.807) is 29.6 Å². The second-order valence-electron chi connectivity index (χ2n) is 6.10. The van der Waals surface area contributed by atoms with Crippen molar-refractivity contribution in [2.45, 2.75) is 19.3 Å². The van der Waals surface area contributed by atoms with Gasteiger partial charge in [0, 0.05) is 17.2 Å². The molecule has 0 bridgehead atoms. The number of nitrogens with zero attached hydrogens (tertiary/aromatic N) is 1. The number of rotatable bonds is 5. The standard InChI is InChI=1S/C18H17N3O4S/c1-9-7-14(22)20-21-16(9)10-4-5-11(18(24)25)12(8-10)15(17(19)23)13-3-2-6-26-13/h2-6,8-9,15H,7H2,1H3,(H2,19,23)(H,20,22)(H,24,25). The van der Waals surface area contributed by atoms with Gasteiger partial charge in [-0.15, -0.1) is 11.3 Å². The number of carboxylic acid groups (broad SMARTS) is 1. The number of aromatic carboxylic acids is 1. The molecular weight excluding hydrogens is 354 g/mol. The third-order valence-corrected chi connectivity index (χ3v) is 5.20. The molecule has 2 amide bonds. The number of hydrazone groups is 1. The molecular formula is C18H17N3O4S. The minimum atomic E-state index is -1.14. The highest BCUT2D eigenvalue weighted by atomic mass is 32.1. The molecule has 0 fully saturated rings. The Hall–Kier alpha value is -3.00. The van der Waals surface area contributed by atoms with Crippen LogP contribution in [0.1, 0.15) is 45.6 Å². The van der Waals surface area contributed by atoms with Crippen molar-refractivity contribution in [1.29, 1.82) is 0 Å². The Bertz CT molecular complexity index is 905. The van der Waals surface area contributed by atoms with E-state index in [1.807, 2.05) is 6.92 Å². The fourth-order valence-electron chi connectivity index (χ4n) is 3.06. The zero-order chi connectivity index (χ0) is 18.8. The molecule has 134 valence electrons. The molecule has 26 heavy (non-hydrogen) atoms. The van der Waals surface area contributed by atoms with Crippen molar-refractivity contribution < 1.29 is 19.5 Å². The van der Waals surface area contributed by atoms with Crippen LogP contribution in [0.5, 0.6) is 0 Å². The molecule has 7 nitrogen and oxygen atoms in total. The predicted octanol–water partition coefficient (Wildman–Crippen LogP) is 1.92. The van der Waals surface area contributed by atoms with Crippen LogP contribution in [0, 0.1) is 5.92 Å². The molecule has 3 rings (SSSR count). The van der Waals surface area contributed by atoms with Crippen LogP contribution < -0.4 is 11.2 Å². The molecule has 1 aliphatic rings. The van der Waals surface area contributed by atoms with Gasteiger partial charge >= 0.3 is 5.97 Å². The minimum absolute atomic E-state index is 0.0130. The van der Waals surface area contributed by atoms with Crippen LogP contribution >= 0.6 is 11.3 Å². The summed E-state index contributed by atoms with van der Waals surface area (Å²) in [5.74, 6) is -2.92. The van der Waals surface area contributed by atoms with Crippen molar-refractivity contribution in [2.24, 2.45) is 16.8 Å². The molecule has 0 saturated carbocycles. The van der Waals surface area contributed by atoms with E-state index >= 15 is 0 Å². The average Bonchev–Trinajstić information content (AvgIpc) is 3.08. The highest BCUT2D eigenvalue weighted by Crippen LogP contribution is 2.32. The lowest BCUT2D eigenvalue weighted by Gasteiger charge is -2.21. The first kappa shape index (κ1) is 17.8. The molecule has 0 radical (unpaired) electrons. The third-order valence-electron chi connectivity index (χ3n) is 4.26. The maximum absolute atomic E-state index is 12.1. The number of benzene rings is 1. The number of hydrogen-bond acceptors (Lipinski definition) is 5. The fourth-order valence-corrected chi connectivity index (χ4v) is 3.91. The Kier molecular flexibility index (Phi) is 4.85. The second kappa shape index (κ2) is 7.09. The van der Waals surface area contributed by atoms with Gasteiger partial charge in [-0.3, -0.25) is 9.59 Å². The Labute approximate surface area is 153 Å². The van der Waals surface area contributed by atoms with Crippen LogP contribution in [-0.2, 0) is 9.59 Å². The van der Waals surface area contributed by atoms with E-state index in [0.29, 0.717) is 28.1 Å². The van der Waals surface area contributed by atoms with Gasteiger partial charge in [0.2, 0.25) is 11.8 Å². The monoisotopic (exact) mass is 371 g/mol. The van der Waals surface area contributed by atoms with Crippen molar-refractivity contribution in [2.75, 3.05) is 0 Å². The quantitative estimate of drug-likeness (QED) is 0.743. The van der Waals surface area contributed by atoms with Crippen molar-refractivity contribution in [3.05, 3.63) is 57.3 Å². The van der Waals surface area contributed by atoms with Gasteiger partial charge in [0.05, 0.1) is 17.2 Å². The van der Waals surface area contributed by atoms with E-state index in [0.717, 1.165) is 0 Å². The summed E-state index contributed by atoms with van der Waals surface area (Å²) in [5.41, 5.74) is 9.65. The number of nitrogens with two attached hydrogens (primary N) is 1. The molecule has 1 aliphatic heterocycles. The number of carbonyl (C=O) groups is 3. The van der Waals surface area contributed by atoms with Crippen molar-refractivity contribution >= 4 is 34.8 Å². The smallest absolute Gasteiger partial charge is 0.336 e. The van der Waals surface area contributed by atoms with Gasteiger partial charge in [-0.2, -0.15) is 5.10 Å². The summed E-state index contributed by atoms with van der Waals surface area (Å²) in [6, 6.07) is 8.24. The number of hydrogen-bond donors (Lipinski definition) is 3. The maximum atomic E-state index is 12.1. The molecule has 4 N–H and O–H groups in total. The van der Waals surface area contributed by atoms with Gasteiger partial charge in [0.25, 0.3) is 0 Å². The zero-order valence-electron chi connectivity index (χ0n) is 13.9. The normalized spacial score (nSPS) is 18.0. The Morgan fingerprint density at radius 3 is 2.73 bits per heavy atom. The summed E-state index contributed by atoms with van der Waals surface area (Å²) in [7, 11) is 0. The second-order valence-corrected chi connectivity index (χ2v) is 7.07.